The van der Waals surface area contributed by atoms with Crippen molar-refractivity contribution in [3.05, 3.63) is 212 Å². The van der Waals surface area contributed by atoms with Gasteiger partial charge in [0.15, 0.2) is 0 Å². The third-order valence-corrected chi connectivity index (χ3v) is 9.85. The van der Waals surface area contributed by atoms with Gasteiger partial charge in [-0.1, -0.05) is 164 Å². The van der Waals surface area contributed by atoms with E-state index < -0.39 is 0 Å². The second kappa shape index (κ2) is 13.3. The van der Waals surface area contributed by atoms with Crippen molar-refractivity contribution in [1.29, 1.82) is 0 Å². The van der Waals surface area contributed by atoms with E-state index in [4.69, 9.17) is 0 Å². The molecule has 0 heterocycles. The van der Waals surface area contributed by atoms with Crippen LogP contribution in [0.15, 0.2) is 212 Å². The summed E-state index contributed by atoms with van der Waals surface area (Å²) in [5, 5.41) is 5.09. The molecule has 0 aliphatic rings. The lowest BCUT2D eigenvalue weighted by molar-refractivity contribution is 1.28. The molecular weight excluding hydrogens is 615 g/mol. The second-order valence-electron chi connectivity index (χ2n) is 13.0. The van der Waals surface area contributed by atoms with E-state index in [0.29, 0.717) is 0 Å². The fourth-order valence-corrected chi connectivity index (χ4v) is 7.20. The Morgan fingerprint density at radius 1 is 0.216 bits per heavy atom. The lowest BCUT2D eigenvalue weighted by Gasteiger charge is -2.26. The molecule has 9 aromatic carbocycles. The molecule has 0 spiro atoms. The largest absolute Gasteiger partial charge is 0.310 e. The summed E-state index contributed by atoms with van der Waals surface area (Å²) in [7, 11) is 0. The molecule has 0 radical (unpaired) electrons. The minimum atomic E-state index is 1.11. The van der Waals surface area contributed by atoms with Gasteiger partial charge >= 0.3 is 0 Å². The predicted octanol–water partition coefficient (Wildman–Crippen LogP) is 14.1. The van der Waals surface area contributed by atoms with Gasteiger partial charge < -0.3 is 4.90 Å². The molecule has 0 unspecified atom stereocenters. The van der Waals surface area contributed by atoms with E-state index in [1.807, 2.05) is 0 Å². The third kappa shape index (κ3) is 6.07. The highest BCUT2D eigenvalue weighted by atomic mass is 15.1. The average Bonchev–Trinajstić information content (AvgIpc) is 3.22. The van der Waals surface area contributed by atoms with E-state index >= 15 is 0 Å². The maximum Gasteiger partial charge on any atom is 0.0467 e. The fraction of sp³-hybridized carbons (Fsp3) is 0. The number of benzene rings is 9. The second-order valence-corrected chi connectivity index (χ2v) is 13.0. The molecule has 0 fully saturated rings. The van der Waals surface area contributed by atoms with E-state index in [1.165, 1.54) is 66.1 Å². The lowest BCUT2D eigenvalue weighted by Crippen LogP contribution is -2.10. The summed E-state index contributed by atoms with van der Waals surface area (Å²) in [5.41, 5.74) is 12.9. The molecule has 240 valence electrons. The van der Waals surface area contributed by atoms with Gasteiger partial charge in [0.1, 0.15) is 0 Å². The number of rotatable bonds is 7. The standard InChI is InChI=1S/C50H35N/c1-3-11-36(12-4-1)38-25-29-46(30-26-38)51(47-31-27-39(28-32-47)37-13-5-2-6-14-37)48-19-10-18-44(34-48)42-16-9-17-43(33-42)45-24-23-41-22-21-40-15-7-8-20-49(40)50(41)35-45/h1-35H. The number of anilines is 3. The van der Waals surface area contributed by atoms with Gasteiger partial charge in [-0.15, -0.1) is 0 Å². The zero-order valence-corrected chi connectivity index (χ0v) is 28.2. The van der Waals surface area contributed by atoms with Crippen molar-refractivity contribution in [1.82, 2.24) is 0 Å². The molecule has 9 rings (SSSR count). The number of nitrogens with zero attached hydrogens (tertiary/aromatic N) is 1. The Morgan fingerprint density at radius 3 is 1.24 bits per heavy atom. The van der Waals surface area contributed by atoms with Crippen molar-refractivity contribution in [2.75, 3.05) is 4.90 Å². The van der Waals surface area contributed by atoms with Crippen molar-refractivity contribution in [3.8, 4) is 44.5 Å². The normalized spacial score (nSPS) is 11.1. The van der Waals surface area contributed by atoms with Crippen molar-refractivity contribution in [2.45, 2.75) is 0 Å². The van der Waals surface area contributed by atoms with E-state index in [1.54, 1.807) is 0 Å². The van der Waals surface area contributed by atoms with Crippen LogP contribution < -0.4 is 4.90 Å². The summed E-state index contributed by atoms with van der Waals surface area (Å²) in [4.78, 5) is 2.35. The SMILES string of the molecule is c1ccc(-c2ccc(N(c3ccc(-c4ccccc4)cc3)c3cccc(-c4cccc(-c5ccc6ccc7ccccc7c6c5)c4)c3)cc2)cc1. The van der Waals surface area contributed by atoms with E-state index in [2.05, 4.69) is 217 Å². The minimum absolute atomic E-state index is 1.11. The Labute approximate surface area is 299 Å². The van der Waals surface area contributed by atoms with Gasteiger partial charge in [-0.3, -0.25) is 0 Å². The molecule has 0 saturated heterocycles. The number of hydrogen-bond acceptors (Lipinski definition) is 1. The summed E-state index contributed by atoms with van der Waals surface area (Å²) < 4.78 is 0. The van der Waals surface area contributed by atoms with Crippen LogP contribution in [0.4, 0.5) is 17.1 Å². The Morgan fingerprint density at radius 2 is 0.627 bits per heavy atom. The first-order chi connectivity index (χ1) is 25.3. The van der Waals surface area contributed by atoms with Gasteiger partial charge in [-0.2, -0.15) is 0 Å². The number of hydrogen-bond donors (Lipinski definition) is 0. The van der Waals surface area contributed by atoms with Gasteiger partial charge in [0.25, 0.3) is 0 Å². The summed E-state index contributed by atoms with van der Waals surface area (Å²) in [5.74, 6) is 0. The molecule has 9 aromatic rings. The summed E-state index contributed by atoms with van der Waals surface area (Å²) in [6, 6.07) is 76.6. The molecule has 0 aromatic heterocycles. The maximum absolute atomic E-state index is 2.35. The smallest absolute Gasteiger partial charge is 0.0467 e. The van der Waals surface area contributed by atoms with E-state index in [9.17, 15) is 0 Å². The molecule has 0 saturated carbocycles. The Hall–Kier alpha value is -6.70. The highest BCUT2D eigenvalue weighted by molar-refractivity contribution is 6.08. The first kappa shape index (κ1) is 30.4. The zero-order chi connectivity index (χ0) is 34.0. The van der Waals surface area contributed by atoms with Crippen LogP contribution in [0.25, 0.3) is 66.1 Å². The molecule has 0 bridgehead atoms. The van der Waals surface area contributed by atoms with Crippen LogP contribution in [0, 0.1) is 0 Å². The predicted molar refractivity (Wildman–Crippen MR) is 218 cm³/mol. The van der Waals surface area contributed by atoms with Gasteiger partial charge in [-0.25, -0.2) is 0 Å². The first-order valence-corrected chi connectivity index (χ1v) is 17.5. The molecule has 0 aliphatic carbocycles. The van der Waals surface area contributed by atoms with Crippen LogP contribution in [0.2, 0.25) is 0 Å². The first-order valence-electron chi connectivity index (χ1n) is 17.5. The zero-order valence-electron chi connectivity index (χ0n) is 28.2. The lowest BCUT2D eigenvalue weighted by atomic mass is 9.95. The number of fused-ring (bicyclic) bond motifs is 3. The highest BCUT2D eigenvalue weighted by Gasteiger charge is 2.15. The molecule has 1 nitrogen and oxygen atoms in total. The monoisotopic (exact) mass is 649 g/mol. The fourth-order valence-electron chi connectivity index (χ4n) is 7.20. The summed E-state index contributed by atoms with van der Waals surface area (Å²) in [6.45, 7) is 0. The average molecular weight is 650 g/mol. The van der Waals surface area contributed by atoms with Crippen LogP contribution in [0.5, 0.6) is 0 Å². The van der Waals surface area contributed by atoms with Crippen LogP contribution in [0.3, 0.4) is 0 Å². The van der Waals surface area contributed by atoms with Crippen molar-refractivity contribution in [3.63, 3.8) is 0 Å². The molecule has 0 atom stereocenters. The van der Waals surface area contributed by atoms with Crippen LogP contribution in [-0.4, -0.2) is 0 Å². The van der Waals surface area contributed by atoms with Gasteiger partial charge in [0.05, 0.1) is 0 Å². The molecular formula is C50H35N. The summed E-state index contributed by atoms with van der Waals surface area (Å²) in [6.07, 6.45) is 0. The van der Waals surface area contributed by atoms with Gasteiger partial charge in [0, 0.05) is 17.1 Å². The quantitative estimate of drug-likeness (QED) is 0.155. The van der Waals surface area contributed by atoms with E-state index in [-0.39, 0.29) is 0 Å². The molecule has 0 N–H and O–H groups in total. The highest BCUT2D eigenvalue weighted by Crippen LogP contribution is 2.39. The molecule has 1 heteroatoms. The Bertz CT molecular complexity index is 2520. The van der Waals surface area contributed by atoms with Gasteiger partial charge in [-0.05, 0) is 115 Å². The molecule has 0 amide bonds. The topological polar surface area (TPSA) is 3.24 Å². The van der Waals surface area contributed by atoms with E-state index in [0.717, 1.165) is 17.1 Å². The van der Waals surface area contributed by atoms with Crippen LogP contribution in [-0.2, 0) is 0 Å². The maximum atomic E-state index is 2.35. The minimum Gasteiger partial charge on any atom is -0.310 e. The van der Waals surface area contributed by atoms with Crippen LogP contribution in [0.1, 0.15) is 0 Å². The van der Waals surface area contributed by atoms with Crippen molar-refractivity contribution < 1.29 is 0 Å². The van der Waals surface area contributed by atoms with Gasteiger partial charge in [0.2, 0.25) is 0 Å². The van der Waals surface area contributed by atoms with Crippen molar-refractivity contribution in [2.24, 2.45) is 0 Å². The Kier molecular flexibility index (Phi) is 7.92. The molecule has 0 aliphatic heterocycles. The van der Waals surface area contributed by atoms with Crippen LogP contribution >= 0.6 is 0 Å². The third-order valence-electron chi connectivity index (χ3n) is 9.85. The summed E-state index contributed by atoms with van der Waals surface area (Å²) >= 11 is 0. The Balaban J connectivity index is 1.10. The molecule has 51 heavy (non-hydrogen) atoms. The van der Waals surface area contributed by atoms with Crippen molar-refractivity contribution >= 4 is 38.6 Å².